The number of aryl methyl sites for hydroxylation is 2. The Morgan fingerprint density at radius 1 is 1.11 bits per heavy atom. The van der Waals surface area contributed by atoms with Crippen LogP contribution in [-0.4, -0.2) is 28.3 Å². The van der Waals surface area contributed by atoms with Crippen LogP contribution in [0.3, 0.4) is 0 Å². The number of thioether (sulfide) groups is 1. The maximum absolute atomic E-state index is 5.68. The third-order valence-electron chi connectivity index (χ3n) is 5.48. The first kappa shape index (κ1) is 17.6. The van der Waals surface area contributed by atoms with Gasteiger partial charge in [0.15, 0.2) is 0 Å². The van der Waals surface area contributed by atoms with Crippen molar-refractivity contribution in [1.82, 2.24) is 15.0 Å². The van der Waals surface area contributed by atoms with Crippen LogP contribution in [0.4, 0.5) is 0 Å². The molecule has 0 aliphatic heterocycles. The fourth-order valence-electron chi connectivity index (χ4n) is 3.84. The molecule has 0 spiro atoms. The number of rotatable bonds is 6. The minimum atomic E-state index is 0.664. The highest BCUT2D eigenvalue weighted by molar-refractivity contribution is 7.98. The monoisotopic (exact) mass is 389 g/mol. The predicted octanol–water partition coefficient (Wildman–Crippen LogP) is 5.50. The second-order valence-electron chi connectivity index (χ2n) is 7.40. The maximum Gasteiger partial charge on any atom is 0.130 e. The van der Waals surface area contributed by atoms with Crippen molar-refractivity contribution < 1.29 is 4.74 Å². The van der Waals surface area contributed by atoms with Crippen molar-refractivity contribution in [3.63, 3.8) is 0 Å². The van der Waals surface area contributed by atoms with Gasteiger partial charge in [-0.2, -0.15) is 0 Å². The smallest absolute Gasteiger partial charge is 0.130 e. The summed E-state index contributed by atoms with van der Waals surface area (Å²) in [7, 11) is 1.74. The van der Waals surface area contributed by atoms with Crippen LogP contribution in [0.15, 0.2) is 47.4 Å². The number of ether oxygens (including phenoxy) is 1. The van der Waals surface area contributed by atoms with Crippen LogP contribution in [0.5, 0.6) is 5.75 Å². The molecule has 0 atom stereocenters. The Labute approximate surface area is 168 Å². The van der Waals surface area contributed by atoms with Crippen LogP contribution in [0.2, 0.25) is 0 Å². The van der Waals surface area contributed by atoms with E-state index < -0.39 is 0 Å². The molecule has 1 aliphatic carbocycles. The van der Waals surface area contributed by atoms with Gasteiger partial charge >= 0.3 is 0 Å². The highest BCUT2D eigenvalue weighted by Gasteiger charge is 2.26. The molecular formula is C23H23N3OS. The van der Waals surface area contributed by atoms with E-state index in [-0.39, 0.29) is 0 Å². The molecule has 1 fully saturated rings. The second-order valence-corrected chi connectivity index (χ2v) is 8.28. The number of aromatic nitrogens is 3. The molecule has 0 saturated heterocycles. The molecule has 0 radical (unpaired) electrons. The molecule has 0 amide bonds. The third kappa shape index (κ3) is 3.24. The zero-order chi connectivity index (χ0) is 19.1. The van der Waals surface area contributed by atoms with Crippen LogP contribution in [-0.2, 0) is 12.8 Å². The molecule has 2 aromatic carbocycles. The van der Waals surface area contributed by atoms with Crippen molar-refractivity contribution in [1.29, 1.82) is 0 Å². The first-order valence-corrected chi connectivity index (χ1v) is 11.0. The van der Waals surface area contributed by atoms with Crippen molar-refractivity contribution in [2.24, 2.45) is 0 Å². The number of hydrogen-bond acceptors (Lipinski definition) is 4. The van der Waals surface area contributed by atoms with E-state index in [0.29, 0.717) is 5.92 Å². The van der Waals surface area contributed by atoms with Crippen molar-refractivity contribution in [2.45, 2.75) is 36.5 Å². The van der Waals surface area contributed by atoms with Gasteiger partial charge in [0.2, 0.25) is 0 Å². The first-order chi connectivity index (χ1) is 13.7. The summed E-state index contributed by atoms with van der Waals surface area (Å²) in [5, 5.41) is 1.11. The summed E-state index contributed by atoms with van der Waals surface area (Å²) in [6.07, 6.45) is 6.29. The average molecular weight is 390 g/mol. The maximum atomic E-state index is 5.68. The number of benzene rings is 2. The number of fused-ring (bicyclic) bond motifs is 2. The van der Waals surface area contributed by atoms with Gasteiger partial charge in [-0.1, -0.05) is 12.1 Å². The van der Waals surface area contributed by atoms with Crippen LogP contribution in [0.25, 0.3) is 21.9 Å². The molecule has 2 aromatic heterocycles. The molecule has 1 aliphatic rings. The van der Waals surface area contributed by atoms with E-state index in [9.17, 15) is 0 Å². The Morgan fingerprint density at radius 2 is 2.00 bits per heavy atom. The Morgan fingerprint density at radius 3 is 2.79 bits per heavy atom. The van der Waals surface area contributed by atoms with Crippen LogP contribution in [0, 0.1) is 0 Å². The van der Waals surface area contributed by atoms with Crippen LogP contribution < -0.4 is 4.74 Å². The largest absolute Gasteiger partial charge is 0.496 e. The number of nitrogens with one attached hydrogen (secondary N) is 1. The number of para-hydroxylation sites is 1. The molecule has 4 aromatic rings. The lowest BCUT2D eigenvalue weighted by Crippen LogP contribution is -2.00. The minimum Gasteiger partial charge on any atom is -0.496 e. The number of H-pyrrole nitrogens is 1. The molecule has 28 heavy (non-hydrogen) atoms. The van der Waals surface area contributed by atoms with E-state index in [1.807, 2.05) is 0 Å². The summed E-state index contributed by atoms with van der Waals surface area (Å²) >= 11 is 1.75. The Bertz CT molecular complexity index is 1160. The normalized spacial score (nSPS) is 14.1. The van der Waals surface area contributed by atoms with Gasteiger partial charge in [-0.25, -0.2) is 4.98 Å². The summed E-state index contributed by atoms with van der Waals surface area (Å²) in [5.41, 5.74) is 5.65. The summed E-state index contributed by atoms with van der Waals surface area (Å²) in [5.74, 6) is 2.58. The lowest BCUT2D eigenvalue weighted by Gasteiger charge is -2.11. The van der Waals surface area contributed by atoms with Crippen LogP contribution >= 0.6 is 11.8 Å². The van der Waals surface area contributed by atoms with Gasteiger partial charge in [-0.05, 0) is 61.3 Å². The zero-order valence-corrected chi connectivity index (χ0v) is 17.0. The number of methoxy groups -OCH3 is 1. The van der Waals surface area contributed by atoms with Gasteiger partial charge in [-0.15, -0.1) is 11.8 Å². The minimum absolute atomic E-state index is 0.664. The van der Waals surface area contributed by atoms with E-state index in [1.54, 1.807) is 18.9 Å². The number of imidazole rings is 1. The first-order valence-electron chi connectivity index (χ1n) is 9.74. The van der Waals surface area contributed by atoms with Crippen molar-refractivity contribution in [3.8, 4) is 5.75 Å². The molecule has 4 nitrogen and oxygen atoms in total. The molecule has 0 unspecified atom stereocenters. The summed E-state index contributed by atoms with van der Waals surface area (Å²) in [6, 6.07) is 14.9. The van der Waals surface area contributed by atoms with Gasteiger partial charge in [0.1, 0.15) is 11.6 Å². The van der Waals surface area contributed by atoms with Crippen LogP contribution in [0.1, 0.15) is 35.8 Å². The third-order valence-corrected chi connectivity index (χ3v) is 6.20. The van der Waals surface area contributed by atoms with Gasteiger partial charge in [-0.3, -0.25) is 4.98 Å². The molecule has 0 bridgehead atoms. The second kappa shape index (κ2) is 7.13. The van der Waals surface area contributed by atoms with E-state index >= 15 is 0 Å². The lowest BCUT2D eigenvalue weighted by atomic mass is 10.0. The van der Waals surface area contributed by atoms with Gasteiger partial charge in [0.05, 0.1) is 23.7 Å². The van der Waals surface area contributed by atoms with E-state index in [0.717, 1.165) is 52.0 Å². The van der Waals surface area contributed by atoms with Gasteiger partial charge in [0.25, 0.3) is 0 Å². The Balaban J connectivity index is 1.45. The zero-order valence-electron chi connectivity index (χ0n) is 16.2. The van der Waals surface area contributed by atoms with Crippen molar-refractivity contribution in [3.05, 3.63) is 59.5 Å². The van der Waals surface area contributed by atoms with E-state index in [1.165, 1.54) is 23.3 Å². The molecule has 5 rings (SSSR count). The molecule has 2 heterocycles. The predicted molar refractivity (Wildman–Crippen MR) is 116 cm³/mol. The number of nitrogens with zero attached hydrogens (tertiary/aromatic N) is 2. The molecule has 142 valence electrons. The summed E-state index contributed by atoms with van der Waals surface area (Å²) < 4.78 is 5.68. The molecular weight excluding hydrogens is 366 g/mol. The van der Waals surface area contributed by atoms with Gasteiger partial charge in [0, 0.05) is 28.5 Å². The summed E-state index contributed by atoms with van der Waals surface area (Å²) in [4.78, 5) is 14.5. The number of aromatic amines is 1. The Hall–Kier alpha value is -2.53. The Kier molecular flexibility index (Phi) is 4.47. The standard InChI is InChI=1S/C23H23N3OS/c1-27-21-12-15(24-23-17(14-6-7-14)4-3-5-18(21)23)8-11-22-25-19-10-9-16(28-2)13-20(19)26-22/h3-5,9-10,12-14H,6-8,11H2,1-2H3,(H,25,26). The molecule has 1 saturated carbocycles. The fraction of sp³-hybridized carbons (Fsp3) is 0.304. The van der Waals surface area contributed by atoms with E-state index in [2.05, 4.69) is 53.7 Å². The average Bonchev–Trinajstić information content (AvgIpc) is 3.49. The van der Waals surface area contributed by atoms with Crippen molar-refractivity contribution in [2.75, 3.05) is 13.4 Å². The lowest BCUT2D eigenvalue weighted by molar-refractivity contribution is 0.419. The van der Waals surface area contributed by atoms with E-state index in [4.69, 9.17) is 14.7 Å². The highest BCUT2D eigenvalue weighted by atomic mass is 32.2. The summed E-state index contributed by atoms with van der Waals surface area (Å²) in [6.45, 7) is 0. The fourth-order valence-corrected chi connectivity index (χ4v) is 4.28. The SMILES string of the molecule is COc1cc(CCc2nc3ccc(SC)cc3[nH]2)nc2c(C3CC3)cccc12. The molecule has 1 N–H and O–H groups in total. The quantitative estimate of drug-likeness (QED) is 0.442. The van der Waals surface area contributed by atoms with Crippen molar-refractivity contribution >= 4 is 33.7 Å². The van der Waals surface area contributed by atoms with Gasteiger partial charge < -0.3 is 9.72 Å². The molecule has 5 heteroatoms. The highest BCUT2D eigenvalue weighted by Crippen LogP contribution is 2.43. The number of hydrogen-bond donors (Lipinski definition) is 1. The number of pyridine rings is 1. The topological polar surface area (TPSA) is 50.8 Å².